The zero-order valence-electron chi connectivity index (χ0n) is 17.1. The Morgan fingerprint density at radius 1 is 1.31 bits per heavy atom. The second-order valence-corrected chi connectivity index (χ2v) is 10.7. The van der Waals surface area contributed by atoms with E-state index in [1.807, 2.05) is 10.7 Å². The number of nitrogens with one attached hydrogen (secondary N) is 1. The zero-order valence-corrected chi connectivity index (χ0v) is 19.6. The summed E-state index contributed by atoms with van der Waals surface area (Å²) in [4.78, 5) is 11.2. The molecule has 4 aromatic rings. The number of ether oxygens (including phenoxy) is 1. The first kappa shape index (κ1) is 19.4. The van der Waals surface area contributed by atoms with Gasteiger partial charge in [-0.2, -0.15) is 5.10 Å². The molecule has 9 heteroatoms. The molecule has 152 valence electrons. The van der Waals surface area contributed by atoms with Crippen LogP contribution in [0.1, 0.15) is 44.5 Å². The number of rotatable bonds is 3. The maximum Gasteiger partial charge on any atom is 0.201 e. The molecule has 0 aliphatic carbocycles. The van der Waals surface area contributed by atoms with Crippen molar-refractivity contribution in [1.82, 2.24) is 24.6 Å². The molecule has 0 spiro atoms. The van der Waals surface area contributed by atoms with Crippen molar-refractivity contribution in [3.63, 3.8) is 0 Å². The van der Waals surface area contributed by atoms with Crippen LogP contribution in [-0.4, -0.2) is 36.4 Å². The lowest BCUT2D eigenvalue weighted by Crippen LogP contribution is -2.33. The average molecular weight is 446 g/mol. The number of thioether (sulfide) groups is 1. The van der Waals surface area contributed by atoms with Gasteiger partial charge in [0.15, 0.2) is 10.8 Å². The molecule has 29 heavy (non-hydrogen) atoms. The molecule has 5 heterocycles. The van der Waals surface area contributed by atoms with E-state index in [0.29, 0.717) is 17.3 Å². The molecule has 0 amide bonds. The van der Waals surface area contributed by atoms with Gasteiger partial charge in [-0.3, -0.25) is 5.10 Å². The Hall–Kier alpha value is -1.55. The monoisotopic (exact) mass is 445 g/mol. The molecular formula is C20H23N5OS3. The predicted octanol–water partition coefficient (Wildman–Crippen LogP) is 5.32. The Morgan fingerprint density at radius 3 is 2.83 bits per heavy atom. The van der Waals surface area contributed by atoms with Gasteiger partial charge in [-0.15, -0.1) is 11.3 Å². The van der Waals surface area contributed by atoms with Crippen molar-refractivity contribution in [2.45, 2.75) is 57.9 Å². The first-order valence-corrected chi connectivity index (χ1v) is 12.2. The summed E-state index contributed by atoms with van der Waals surface area (Å²) in [5, 5.41) is 9.45. The quantitative estimate of drug-likeness (QED) is 0.261. The van der Waals surface area contributed by atoms with Crippen LogP contribution in [0.3, 0.4) is 0 Å². The van der Waals surface area contributed by atoms with Crippen LogP contribution in [0.4, 0.5) is 0 Å². The molecule has 0 radical (unpaired) electrons. The highest BCUT2D eigenvalue weighted by Gasteiger charge is 2.32. The first-order chi connectivity index (χ1) is 13.8. The van der Waals surface area contributed by atoms with E-state index in [2.05, 4.69) is 37.9 Å². The average Bonchev–Trinajstić information content (AvgIpc) is 3.20. The molecule has 1 aliphatic rings. The van der Waals surface area contributed by atoms with Crippen LogP contribution in [0, 0.1) is 10.7 Å². The third-order valence-corrected chi connectivity index (χ3v) is 7.37. The molecule has 0 bridgehead atoms. The van der Waals surface area contributed by atoms with Crippen LogP contribution in [0.5, 0.6) is 0 Å². The van der Waals surface area contributed by atoms with E-state index in [0.717, 1.165) is 49.8 Å². The summed E-state index contributed by atoms with van der Waals surface area (Å²) in [6.45, 7) is 9.39. The second-order valence-electron chi connectivity index (χ2n) is 8.58. The fourth-order valence-electron chi connectivity index (χ4n) is 4.11. The highest BCUT2D eigenvalue weighted by molar-refractivity contribution is 7.98. The van der Waals surface area contributed by atoms with Crippen LogP contribution < -0.4 is 0 Å². The van der Waals surface area contributed by atoms with Gasteiger partial charge in [0.05, 0.1) is 17.7 Å². The summed E-state index contributed by atoms with van der Waals surface area (Å²) in [7, 11) is 0. The van der Waals surface area contributed by atoms with Gasteiger partial charge in [-0.25, -0.2) is 14.4 Å². The van der Waals surface area contributed by atoms with E-state index in [-0.39, 0.29) is 5.60 Å². The summed E-state index contributed by atoms with van der Waals surface area (Å²) in [5.74, 6) is 0.533. The van der Waals surface area contributed by atoms with Gasteiger partial charge < -0.3 is 4.74 Å². The van der Waals surface area contributed by atoms with Crippen LogP contribution in [-0.2, 0) is 24.2 Å². The number of nitrogens with zero attached hydrogens (tertiary/aromatic N) is 4. The van der Waals surface area contributed by atoms with Crippen molar-refractivity contribution in [3.8, 4) is 0 Å². The molecule has 0 atom stereocenters. The van der Waals surface area contributed by atoms with E-state index in [4.69, 9.17) is 26.9 Å². The van der Waals surface area contributed by atoms with Gasteiger partial charge in [0.1, 0.15) is 9.53 Å². The van der Waals surface area contributed by atoms with E-state index in [1.54, 1.807) is 23.1 Å². The number of thiophene rings is 1. The minimum atomic E-state index is -0.202. The molecule has 5 rings (SSSR count). The predicted molar refractivity (Wildman–Crippen MR) is 122 cm³/mol. The molecule has 6 nitrogen and oxygen atoms in total. The summed E-state index contributed by atoms with van der Waals surface area (Å²) in [6, 6.07) is 0. The van der Waals surface area contributed by atoms with Crippen LogP contribution in [0.25, 0.3) is 26.1 Å². The molecule has 0 saturated heterocycles. The summed E-state index contributed by atoms with van der Waals surface area (Å²) >= 11 is 8.69. The maximum atomic E-state index is 6.17. The van der Waals surface area contributed by atoms with Crippen LogP contribution in [0.15, 0.2) is 5.16 Å². The smallest absolute Gasteiger partial charge is 0.201 e. The molecule has 4 aromatic heterocycles. The molecule has 0 saturated carbocycles. The number of pyridine rings is 1. The minimum Gasteiger partial charge on any atom is -0.370 e. The summed E-state index contributed by atoms with van der Waals surface area (Å²) in [5.41, 5.74) is 5.35. The van der Waals surface area contributed by atoms with Gasteiger partial charge >= 0.3 is 0 Å². The van der Waals surface area contributed by atoms with Crippen molar-refractivity contribution in [1.29, 1.82) is 0 Å². The molecule has 1 aliphatic heterocycles. The molecule has 0 aromatic carbocycles. The molecule has 0 fully saturated rings. The lowest BCUT2D eigenvalue weighted by atomic mass is 9.88. The van der Waals surface area contributed by atoms with Gasteiger partial charge in [0.2, 0.25) is 4.77 Å². The van der Waals surface area contributed by atoms with Crippen molar-refractivity contribution in [2.24, 2.45) is 5.92 Å². The van der Waals surface area contributed by atoms with E-state index >= 15 is 0 Å². The number of hydrogen-bond acceptors (Lipinski definition) is 7. The topological polar surface area (TPSA) is 68.1 Å². The Morgan fingerprint density at radius 2 is 2.10 bits per heavy atom. The number of H-pyrrole nitrogens is 1. The number of hydrogen-bond donors (Lipinski definition) is 1. The lowest BCUT2D eigenvalue weighted by molar-refractivity contribution is -0.0402. The second kappa shape index (κ2) is 6.73. The molecule has 1 N–H and O–H groups in total. The normalized spacial score (nSPS) is 16.3. The van der Waals surface area contributed by atoms with E-state index < -0.39 is 0 Å². The lowest BCUT2D eigenvalue weighted by Gasteiger charge is -2.33. The third-order valence-electron chi connectivity index (χ3n) is 5.38. The Bertz CT molecular complexity index is 1330. The highest BCUT2D eigenvalue weighted by Crippen LogP contribution is 2.42. The molecular weight excluding hydrogens is 422 g/mol. The van der Waals surface area contributed by atoms with Crippen LogP contribution >= 0.6 is 35.3 Å². The van der Waals surface area contributed by atoms with E-state index in [1.165, 1.54) is 11.1 Å². The first-order valence-electron chi connectivity index (χ1n) is 9.71. The standard InChI is InChI=1S/C20H23N5OS3/c1-9(2)6-12-11-8-26-20(3,4)7-10(11)13-14-15(29-17(13)21-12)16-23-24-18(27)25(16)19(22-14)28-5/h9H,6-8H2,1-5H3,(H,24,27). The summed E-state index contributed by atoms with van der Waals surface area (Å²) < 4.78 is 9.70. The fraction of sp³-hybridized carbons (Fsp3) is 0.500. The van der Waals surface area contributed by atoms with Gasteiger partial charge in [0, 0.05) is 23.1 Å². The molecule has 0 unspecified atom stereocenters. The zero-order chi connectivity index (χ0) is 20.5. The Labute approximate surface area is 182 Å². The third kappa shape index (κ3) is 3.01. The number of aromatic amines is 1. The Balaban J connectivity index is 1.93. The van der Waals surface area contributed by atoms with Gasteiger partial charge in [-0.05, 0) is 50.2 Å². The highest BCUT2D eigenvalue weighted by atomic mass is 32.2. The SMILES string of the molecule is CSc1nc2c(sc3nc(CC(C)C)c4c(c32)CC(C)(C)OC4)c2n[nH]c(=S)n12. The van der Waals surface area contributed by atoms with Crippen molar-refractivity contribution >= 4 is 61.4 Å². The van der Waals surface area contributed by atoms with Crippen molar-refractivity contribution < 1.29 is 4.74 Å². The summed E-state index contributed by atoms with van der Waals surface area (Å²) in [6.07, 6.45) is 3.82. The van der Waals surface area contributed by atoms with Crippen molar-refractivity contribution in [2.75, 3.05) is 6.26 Å². The number of aromatic nitrogens is 5. The van der Waals surface area contributed by atoms with Crippen LogP contribution in [0.2, 0.25) is 0 Å². The minimum absolute atomic E-state index is 0.202. The van der Waals surface area contributed by atoms with Crippen molar-refractivity contribution in [3.05, 3.63) is 21.6 Å². The number of fused-ring (bicyclic) bond motifs is 7. The van der Waals surface area contributed by atoms with Gasteiger partial charge in [0.25, 0.3) is 0 Å². The van der Waals surface area contributed by atoms with E-state index in [9.17, 15) is 0 Å². The Kier molecular flexibility index (Phi) is 4.51. The maximum absolute atomic E-state index is 6.17. The van der Waals surface area contributed by atoms with Gasteiger partial charge in [-0.1, -0.05) is 25.6 Å². The fourth-order valence-corrected chi connectivity index (χ4v) is 6.07. The largest absolute Gasteiger partial charge is 0.370 e.